The summed E-state index contributed by atoms with van der Waals surface area (Å²) >= 11 is 0. The Labute approximate surface area is 81.7 Å². The van der Waals surface area contributed by atoms with E-state index in [4.69, 9.17) is 14.9 Å². The molecule has 0 aliphatic rings. The second-order valence-electron chi connectivity index (χ2n) is 3.16. The molecule has 74 valence electrons. The van der Waals surface area contributed by atoms with E-state index >= 15 is 0 Å². The van der Waals surface area contributed by atoms with Crippen molar-refractivity contribution in [1.29, 1.82) is 0 Å². The van der Waals surface area contributed by atoms with Gasteiger partial charge in [-0.2, -0.15) is 0 Å². The lowest BCUT2D eigenvalue weighted by atomic mass is 10.3. The number of anilines is 1. The smallest absolute Gasteiger partial charge is 0.224 e. The van der Waals surface area contributed by atoms with Crippen molar-refractivity contribution < 1.29 is 9.15 Å². The molecule has 4 nitrogen and oxygen atoms in total. The maximum Gasteiger partial charge on any atom is 0.224 e. The molecule has 2 aromatic rings. The number of nitrogens with zero attached hydrogens (tertiary/aromatic N) is 1. The Morgan fingerprint density at radius 3 is 3.00 bits per heavy atom. The molecular weight excluding hydrogens is 180 g/mol. The molecule has 1 heterocycles. The molecule has 0 aliphatic heterocycles. The normalized spacial score (nSPS) is 13.3. The number of benzene rings is 1. The second-order valence-corrected chi connectivity index (χ2v) is 3.16. The van der Waals surface area contributed by atoms with Gasteiger partial charge >= 0.3 is 0 Å². The molecule has 14 heavy (non-hydrogen) atoms. The number of hydrogen-bond donors (Lipinski definition) is 1. The number of nitrogen functional groups attached to an aromatic ring is 1. The van der Waals surface area contributed by atoms with Crippen molar-refractivity contribution in [2.24, 2.45) is 0 Å². The number of rotatable bonds is 2. The Kier molecular flexibility index (Phi) is 2.13. The van der Waals surface area contributed by atoms with Gasteiger partial charge in [0.2, 0.25) is 5.89 Å². The third kappa shape index (κ3) is 1.44. The first-order chi connectivity index (χ1) is 6.70. The summed E-state index contributed by atoms with van der Waals surface area (Å²) in [5, 5.41) is 0. The first-order valence-electron chi connectivity index (χ1n) is 4.39. The average molecular weight is 192 g/mol. The van der Waals surface area contributed by atoms with E-state index in [0.29, 0.717) is 17.2 Å². The van der Waals surface area contributed by atoms with E-state index in [9.17, 15) is 0 Å². The number of hydrogen-bond acceptors (Lipinski definition) is 4. The molecule has 0 saturated carbocycles. The predicted molar refractivity (Wildman–Crippen MR) is 53.8 cm³/mol. The van der Waals surface area contributed by atoms with Crippen molar-refractivity contribution in [1.82, 2.24) is 4.98 Å². The van der Waals surface area contributed by atoms with Crippen molar-refractivity contribution >= 4 is 16.8 Å². The quantitative estimate of drug-likeness (QED) is 0.740. The van der Waals surface area contributed by atoms with E-state index in [0.717, 1.165) is 5.52 Å². The summed E-state index contributed by atoms with van der Waals surface area (Å²) in [6.07, 6.45) is -0.136. The van der Waals surface area contributed by atoms with Gasteiger partial charge in [-0.3, -0.25) is 0 Å². The third-order valence-electron chi connectivity index (χ3n) is 2.13. The number of oxazole rings is 1. The van der Waals surface area contributed by atoms with Crippen LogP contribution in [0.4, 0.5) is 5.69 Å². The topological polar surface area (TPSA) is 61.3 Å². The van der Waals surface area contributed by atoms with Crippen molar-refractivity contribution in [3.05, 3.63) is 24.1 Å². The van der Waals surface area contributed by atoms with E-state index in [2.05, 4.69) is 4.98 Å². The van der Waals surface area contributed by atoms with Crippen molar-refractivity contribution in [2.75, 3.05) is 12.8 Å². The van der Waals surface area contributed by atoms with Gasteiger partial charge in [0, 0.05) is 18.9 Å². The Balaban J connectivity index is 2.51. The highest BCUT2D eigenvalue weighted by Crippen LogP contribution is 2.23. The van der Waals surface area contributed by atoms with Crippen LogP contribution in [0.15, 0.2) is 22.6 Å². The number of methoxy groups -OCH3 is 1. The summed E-state index contributed by atoms with van der Waals surface area (Å²) in [5.41, 5.74) is 7.80. The van der Waals surface area contributed by atoms with E-state index in [1.807, 2.05) is 13.0 Å². The van der Waals surface area contributed by atoms with Gasteiger partial charge in [0.1, 0.15) is 11.6 Å². The molecule has 1 aromatic heterocycles. The Bertz CT molecular complexity index is 450. The summed E-state index contributed by atoms with van der Waals surface area (Å²) in [5.74, 6) is 0.577. The first-order valence-corrected chi connectivity index (χ1v) is 4.39. The Morgan fingerprint density at radius 2 is 2.29 bits per heavy atom. The predicted octanol–water partition coefficient (Wildman–Crippen LogP) is 2.12. The van der Waals surface area contributed by atoms with Crippen LogP contribution in [0.5, 0.6) is 0 Å². The first kappa shape index (κ1) is 9.02. The molecule has 2 N–H and O–H groups in total. The fourth-order valence-electron chi connectivity index (χ4n) is 1.23. The molecule has 1 atom stereocenters. The van der Waals surface area contributed by atoms with E-state index in [1.54, 1.807) is 19.2 Å². The van der Waals surface area contributed by atoms with Crippen molar-refractivity contribution in [3.63, 3.8) is 0 Å². The summed E-state index contributed by atoms with van der Waals surface area (Å²) in [6, 6.07) is 5.39. The Morgan fingerprint density at radius 1 is 1.50 bits per heavy atom. The zero-order chi connectivity index (χ0) is 10.1. The molecule has 0 spiro atoms. The number of nitrogens with two attached hydrogens (primary N) is 1. The van der Waals surface area contributed by atoms with Crippen LogP contribution in [-0.2, 0) is 4.74 Å². The second kappa shape index (κ2) is 3.31. The highest BCUT2D eigenvalue weighted by molar-refractivity contribution is 5.76. The lowest BCUT2D eigenvalue weighted by Crippen LogP contribution is -1.94. The number of fused-ring (bicyclic) bond motifs is 1. The van der Waals surface area contributed by atoms with Crippen LogP contribution in [0.2, 0.25) is 0 Å². The van der Waals surface area contributed by atoms with Gasteiger partial charge < -0.3 is 14.9 Å². The van der Waals surface area contributed by atoms with Crippen LogP contribution in [-0.4, -0.2) is 12.1 Å². The SMILES string of the molecule is COC(C)c1nc2ccc(N)cc2o1. The van der Waals surface area contributed by atoms with Crippen molar-refractivity contribution in [3.8, 4) is 0 Å². The maximum atomic E-state index is 5.62. The minimum atomic E-state index is -0.136. The molecule has 2 rings (SSSR count). The fourth-order valence-corrected chi connectivity index (χ4v) is 1.23. The van der Waals surface area contributed by atoms with E-state index < -0.39 is 0 Å². The summed E-state index contributed by atoms with van der Waals surface area (Å²) in [6.45, 7) is 1.88. The minimum Gasteiger partial charge on any atom is -0.438 e. The van der Waals surface area contributed by atoms with E-state index in [1.165, 1.54) is 0 Å². The molecule has 1 aromatic carbocycles. The molecule has 0 radical (unpaired) electrons. The molecule has 0 bridgehead atoms. The highest BCUT2D eigenvalue weighted by atomic mass is 16.5. The van der Waals surface area contributed by atoms with E-state index in [-0.39, 0.29) is 6.10 Å². The van der Waals surface area contributed by atoms with Gasteiger partial charge in [-0.1, -0.05) is 0 Å². The molecule has 0 aliphatic carbocycles. The average Bonchev–Trinajstić information content (AvgIpc) is 2.59. The zero-order valence-corrected chi connectivity index (χ0v) is 8.15. The zero-order valence-electron chi connectivity index (χ0n) is 8.15. The van der Waals surface area contributed by atoms with Crippen LogP contribution in [0.25, 0.3) is 11.1 Å². The highest BCUT2D eigenvalue weighted by Gasteiger charge is 2.12. The fraction of sp³-hybridized carbons (Fsp3) is 0.300. The van der Waals surface area contributed by atoms with Gasteiger partial charge in [-0.25, -0.2) is 4.98 Å². The summed E-state index contributed by atoms with van der Waals surface area (Å²) in [7, 11) is 1.62. The third-order valence-corrected chi connectivity index (χ3v) is 2.13. The van der Waals surface area contributed by atoms with Gasteiger partial charge in [0.15, 0.2) is 5.58 Å². The van der Waals surface area contributed by atoms with Crippen LogP contribution >= 0.6 is 0 Å². The molecule has 1 unspecified atom stereocenters. The molecule has 4 heteroatoms. The van der Waals surface area contributed by atoms with Gasteiger partial charge in [-0.15, -0.1) is 0 Å². The van der Waals surface area contributed by atoms with Gasteiger partial charge in [-0.05, 0) is 19.1 Å². The largest absolute Gasteiger partial charge is 0.438 e. The Hall–Kier alpha value is -1.55. The van der Waals surface area contributed by atoms with Crippen LogP contribution < -0.4 is 5.73 Å². The van der Waals surface area contributed by atoms with Gasteiger partial charge in [0.25, 0.3) is 0 Å². The monoisotopic (exact) mass is 192 g/mol. The lowest BCUT2D eigenvalue weighted by molar-refractivity contribution is 0.0964. The van der Waals surface area contributed by atoms with Crippen LogP contribution in [0.1, 0.15) is 18.9 Å². The van der Waals surface area contributed by atoms with Crippen molar-refractivity contribution in [2.45, 2.75) is 13.0 Å². The minimum absolute atomic E-state index is 0.136. The maximum absolute atomic E-state index is 5.62. The summed E-state index contributed by atoms with van der Waals surface area (Å²) < 4.78 is 10.6. The van der Waals surface area contributed by atoms with Crippen LogP contribution in [0, 0.1) is 0 Å². The molecule has 0 fully saturated rings. The number of aromatic nitrogens is 1. The molecule has 0 saturated heterocycles. The standard InChI is InChI=1S/C10H12N2O2/c1-6(13-2)10-12-8-4-3-7(11)5-9(8)14-10/h3-6H,11H2,1-2H3. The summed E-state index contributed by atoms with van der Waals surface area (Å²) in [4.78, 5) is 4.28. The van der Waals surface area contributed by atoms with Gasteiger partial charge in [0.05, 0.1) is 0 Å². The lowest BCUT2D eigenvalue weighted by Gasteiger charge is -2.01. The van der Waals surface area contributed by atoms with Crippen LogP contribution in [0.3, 0.4) is 0 Å². The molecule has 0 amide bonds. The molecular formula is C10H12N2O2. The number of ether oxygens (including phenoxy) is 1.